The van der Waals surface area contributed by atoms with Crippen LogP contribution in [0.2, 0.25) is 0 Å². The summed E-state index contributed by atoms with van der Waals surface area (Å²) in [7, 11) is 0. The quantitative estimate of drug-likeness (QED) is 0.630. The zero-order valence-corrected chi connectivity index (χ0v) is 18.5. The van der Waals surface area contributed by atoms with Crippen LogP contribution in [0.3, 0.4) is 0 Å². The topological polar surface area (TPSA) is 87.9 Å². The SMILES string of the molecule is CC1(C)Cc2cc(NC(=O)c3cnn4cccnc34)c(N3CCN(CC(F)F)CC3)nc2O1. The highest BCUT2D eigenvalue weighted by atomic mass is 19.3. The predicted octanol–water partition coefficient (Wildman–Crippen LogP) is 2.48. The summed E-state index contributed by atoms with van der Waals surface area (Å²) in [5.74, 6) is 0.766. The molecule has 0 aliphatic carbocycles. The van der Waals surface area contributed by atoms with Gasteiger partial charge in [-0.15, -0.1) is 0 Å². The molecular weight excluding hydrogens is 432 g/mol. The Kier molecular flexibility index (Phi) is 5.35. The summed E-state index contributed by atoms with van der Waals surface area (Å²) in [6.45, 7) is 5.74. The van der Waals surface area contributed by atoms with E-state index < -0.39 is 12.0 Å². The van der Waals surface area contributed by atoms with Gasteiger partial charge in [0.2, 0.25) is 5.88 Å². The van der Waals surface area contributed by atoms with Crippen LogP contribution in [0, 0.1) is 0 Å². The van der Waals surface area contributed by atoms with Gasteiger partial charge in [-0.2, -0.15) is 10.1 Å². The van der Waals surface area contributed by atoms with E-state index >= 15 is 0 Å². The molecule has 33 heavy (non-hydrogen) atoms. The number of hydrogen-bond acceptors (Lipinski definition) is 7. The van der Waals surface area contributed by atoms with Crippen LogP contribution in [-0.4, -0.2) is 75.1 Å². The van der Waals surface area contributed by atoms with E-state index in [1.165, 1.54) is 10.7 Å². The Morgan fingerprint density at radius 1 is 1.27 bits per heavy atom. The minimum Gasteiger partial charge on any atom is -0.471 e. The third-order valence-corrected chi connectivity index (χ3v) is 5.87. The molecule has 5 heterocycles. The first-order valence-corrected chi connectivity index (χ1v) is 10.9. The minimum absolute atomic E-state index is 0.242. The molecule has 11 heteroatoms. The molecule has 0 radical (unpaired) electrons. The molecular formula is C22H25F2N7O2. The largest absolute Gasteiger partial charge is 0.471 e. The highest BCUT2D eigenvalue weighted by molar-refractivity contribution is 6.09. The van der Waals surface area contributed by atoms with Gasteiger partial charge in [0.1, 0.15) is 11.2 Å². The van der Waals surface area contributed by atoms with Crippen molar-refractivity contribution >= 4 is 23.1 Å². The molecule has 5 rings (SSSR count). The second kappa shape index (κ2) is 8.22. The number of rotatable bonds is 5. The smallest absolute Gasteiger partial charge is 0.261 e. The van der Waals surface area contributed by atoms with Crippen molar-refractivity contribution in [3.05, 3.63) is 41.9 Å². The Balaban J connectivity index is 1.44. The van der Waals surface area contributed by atoms with Crippen molar-refractivity contribution in [1.29, 1.82) is 0 Å². The standard InChI is InChI=1S/C22H25F2N7O2/c1-22(2)11-14-10-16(27-20(32)15-12-26-31-5-3-4-25-18(15)31)19(28-21(14)33-22)30-8-6-29(7-9-30)13-17(23)24/h3-5,10,12,17H,6-9,11,13H2,1-2H3,(H,27,32). The lowest BCUT2D eigenvalue weighted by Crippen LogP contribution is -2.48. The maximum absolute atomic E-state index is 13.2. The molecule has 0 unspecified atom stereocenters. The summed E-state index contributed by atoms with van der Waals surface area (Å²) in [6, 6.07) is 3.63. The number of alkyl halides is 2. The van der Waals surface area contributed by atoms with E-state index in [1.54, 1.807) is 23.4 Å². The van der Waals surface area contributed by atoms with Crippen molar-refractivity contribution in [2.24, 2.45) is 0 Å². The van der Waals surface area contributed by atoms with Crippen molar-refractivity contribution in [3.8, 4) is 5.88 Å². The van der Waals surface area contributed by atoms with Gasteiger partial charge in [-0.1, -0.05) is 0 Å². The molecule has 3 aromatic rings. The fourth-order valence-electron chi connectivity index (χ4n) is 4.35. The van der Waals surface area contributed by atoms with Gasteiger partial charge >= 0.3 is 0 Å². The summed E-state index contributed by atoms with van der Waals surface area (Å²) in [6.07, 6.45) is 3.11. The number of pyridine rings is 1. The van der Waals surface area contributed by atoms with Crippen LogP contribution in [0.1, 0.15) is 29.8 Å². The Morgan fingerprint density at radius 2 is 2.06 bits per heavy atom. The van der Waals surface area contributed by atoms with Gasteiger partial charge in [-0.3, -0.25) is 9.69 Å². The van der Waals surface area contributed by atoms with Crippen LogP contribution < -0.4 is 15.0 Å². The summed E-state index contributed by atoms with van der Waals surface area (Å²) in [5, 5.41) is 7.16. The van der Waals surface area contributed by atoms with Crippen LogP contribution >= 0.6 is 0 Å². The molecule has 1 amide bonds. The van der Waals surface area contributed by atoms with Crippen LogP contribution in [0.25, 0.3) is 5.65 Å². The number of fused-ring (bicyclic) bond motifs is 2. The highest BCUT2D eigenvalue weighted by Crippen LogP contribution is 2.39. The van der Waals surface area contributed by atoms with E-state index in [0.717, 1.165) is 5.56 Å². The first kappa shape index (κ1) is 21.5. The molecule has 174 valence electrons. The first-order chi connectivity index (χ1) is 15.8. The molecule has 3 aromatic heterocycles. The lowest BCUT2D eigenvalue weighted by Gasteiger charge is -2.36. The third kappa shape index (κ3) is 4.32. The van der Waals surface area contributed by atoms with E-state index in [-0.39, 0.29) is 12.5 Å². The minimum atomic E-state index is -2.36. The number of aromatic nitrogens is 4. The third-order valence-electron chi connectivity index (χ3n) is 5.87. The number of anilines is 2. The fourth-order valence-corrected chi connectivity index (χ4v) is 4.35. The van der Waals surface area contributed by atoms with Crippen molar-refractivity contribution < 1.29 is 18.3 Å². The zero-order valence-electron chi connectivity index (χ0n) is 18.5. The van der Waals surface area contributed by atoms with Gasteiger partial charge in [0.15, 0.2) is 11.5 Å². The second-order valence-corrected chi connectivity index (χ2v) is 8.94. The molecule has 0 atom stereocenters. The van der Waals surface area contributed by atoms with Crippen LogP contribution in [0.5, 0.6) is 5.88 Å². The van der Waals surface area contributed by atoms with Crippen molar-refractivity contribution in [2.75, 3.05) is 42.9 Å². The molecule has 0 aromatic carbocycles. The summed E-state index contributed by atoms with van der Waals surface area (Å²) >= 11 is 0. The van der Waals surface area contributed by atoms with Gasteiger partial charge in [-0.05, 0) is 26.0 Å². The molecule has 2 aliphatic rings. The Labute approximate surface area is 189 Å². The number of nitrogens with zero attached hydrogens (tertiary/aromatic N) is 6. The van der Waals surface area contributed by atoms with E-state index in [9.17, 15) is 13.6 Å². The number of ether oxygens (including phenoxy) is 1. The average molecular weight is 457 g/mol. The van der Waals surface area contributed by atoms with E-state index in [0.29, 0.717) is 61.2 Å². The number of halogens is 2. The number of piperazine rings is 1. The average Bonchev–Trinajstić information content (AvgIpc) is 3.32. The van der Waals surface area contributed by atoms with Crippen LogP contribution in [0.15, 0.2) is 30.7 Å². The van der Waals surface area contributed by atoms with Crippen molar-refractivity contribution in [1.82, 2.24) is 24.5 Å². The summed E-state index contributed by atoms with van der Waals surface area (Å²) in [5.41, 5.74) is 1.87. The highest BCUT2D eigenvalue weighted by Gasteiger charge is 2.34. The van der Waals surface area contributed by atoms with Crippen LogP contribution in [0.4, 0.5) is 20.3 Å². The number of nitrogens with one attached hydrogen (secondary N) is 1. The Hall–Kier alpha value is -3.34. The van der Waals surface area contributed by atoms with Crippen molar-refractivity contribution in [2.45, 2.75) is 32.3 Å². The number of carbonyl (C=O) groups excluding carboxylic acids is 1. The molecule has 0 spiro atoms. The monoisotopic (exact) mass is 457 g/mol. The summed E-state index contributed by atoms with van der Waals surface area (Å²) < 4.78 is 33.1. The lowest BCUT2D eigenvalue weighted by molar-refractivity contribution is 0.0853. The van der Waals surface area contributed by atoms with Gasteiger partial charge in [-0.25, -0.2) is 18.3 Å². The molecule has 1 fully saturated rings. The molecule has 2 aliphatic heterocycles. The Morgan fingerprint density at radius 3 is 2.82 bits per heavy atom. The van der Waals surface area contributed by atoms with Crippen molar-refractivity contribution in [3.63, 3.8) is 0 Å². The number of amides is 1. The fraction of sp³-hybridized carbons (Fsp3) is 0.455. The van der Waals surface area contributed by atoms with E-state index in [4.69, 9.17) is 9.72 Å². The Bertz CT molecular complexity index is 1190. The second-order valence-electron chi connectivity index (χ2n) is 8.94. The van der Waals surface area contributed by atoms with E-state index in [2.05, 4.69) is 15.4 Å². The number of carbonyl (C=O) groups is 1. The van der Waals surface area contributed by atoms with E-state index in [1.807, 2.05) is 24.8 Å². The van der Waals surface area contributed by atoms with Gasteiger partial charge in [0, 0.05) is 50.6 Å². The predicted molar refractivity (Wildman–Crippen MR) is 118 cm³/mol. The van der Waals surface area contributed by atoms with Crippen LogP contribution in [-0.2, 0) is 6.42 Å². The molecule has 0 bridgehead atoms. The van der Waals surface area contributed by atoms with Gasteiger partial charge in [0.25, 0.3) is 12.3 Å². The lowest BCUT2D eigenvalue weighted by atomic mass is 10.0. The number of hydrogen-bond donors (Lipinski definition) is 1. The van der Waals surface area contributed by atoms with Gasteiger partial charge in [0.05, 0.1) is 18.4 Å². The molecule has 1 N–H and O–H groups in total. The summed E-state index contributed by atoms with van der Waals surface area (Å²) in [4.78, 5) is 25.9. The first-order valence-electron chi connectivity index (χ1n) is 10.9. The maximum Gasteiger partial charge on any atom is 0.261 e. The molecule has 9 nitrogen and oxygen atoms in total. The molecule has 0 saturated carbocycles. The zero-order chi connectivity index (χ0) is 23.2. The molecule has 1 saturated heterocycles. The van der Waals surface area contributed by atoms with Gasteiger partial charge < -0.3 is 15.0 Å². The maximum atomic E-state index is 13.2. The normalized spacial score (nSPS) is 17.9.